The average molecular weight is 241 g/mol. The Morgan fingerprint density at radius 3 is 2.83 bits per heavy atom. The maximum absolute atomic E-state index is 11.9. The van der Waals surface area contributed by atoms with E-state index in [4.69, 9.17) is 5.73 Å². The van der Waals surface area contributed by atoms with Gasteiger partial charge in [-0.2, -0.15) is 0 Å². The molecule has 0 aliphatic rings. The molecule has 18 heavy (non-hydrogen) atoms. The number of nitrogens with two attached hydrogens (primary N) is 1. The second-order valence-electron chi connectivity index (χ2n) is 4.17. The summed E-state index contributed by atoms with van der Waals surface area (Å²) < 4.78 is 0. The Morgan fingerprint density at radius 1 is 1.33 bits per heavy atom. The predicted octanol–water partition coefficient (Wildman–Crippen LogP) is 2.15. The molecule has 4 heteroatoms. The smallest absolute Gasteiger partial charge is 0.228 e. The summed E-state index contributed by atoms with van der Waals surface area (Å²) in [5.41, 5.74) is 8.97. The first kappa shape index (κ1) is 12.1. The molecule has 3 N–H and O–H groups in total. The normalized spacial score (nSPS) is 10.1. The monoisotopic (exact) mass is 241 g/mol. The van der Waals surface area contributed by atoms with Crippen LogP contribution < -0.4 is 11.1 Å². The molecule has 2 aromatic rings. The number of hydrogen-bond acceptors (Lipinski definition) is 3. The predicted molar refractivity (Wildman–Crippen MR) is 72.2 cm³/mol. The summed E-state index contributed by atoms with van der Waals surface area (Å²) in [6.45, 7) is 1.93. The lowest BCUT2D eigenvalue weighted by Gasteiger charge is -2.07. The van der Waals surface area contributed by atoms with Gasteiger partial charge < -0.3 is 11.1 Å². The van der Waals surface area contributed by atoms with E-state index in [0.717, 1.165) is 11.1 Å². The van der Waals surface area contributed by atoms with Crippen molar-refractivity contribution < 1.29 is 4.79 Å². The molecule has 1 aromatic carbocycles. The summed E-state index contributed by atoms with van der Waals surface area (Å²) in [6, 6.07) is 9.23. The van der Waals surface area contributed by atoms with Gasteiger partial charge in [0.15, 0.2) is 0 Å². The van der Waals surface area contributed by atoms with Gasteiger partial charge in [-0.3, -0.25) is 9.78 Å². The topological polar surface area (TPSA) is 68.0 Å². The number of hydrogen-bond donors (Lipinski definition) is 2. The highest BCUT2D eigenvalue weighted by Gasteiger charge is 2.06. The van der Waals surface area contributed by atoms with Gasteiger partial charge in [0.05, 0.1) is 18.3 Å². The van der Waals surface area contributed by atoms with Gasteiger partial charge in [0.1, 0.15) is 0 Å². The van der Waals surface area contributed by atoms with Crippen molar-refractivity contribution in [3.8, 4) is 0 Å². The van der Waals surface area contributed by atoms with Crippen LogP contribution in [0.5, 0.6) is 0 Å². The number of pyridine rings is 1. The molecule has 0 spiro atoms. The van der Waals surface area contributed by atoms with Crippen LogP contribution in [0.3, 0.4) is 0 Å². The van der Waals surface area contributed by atoms with Crippen LogP contribution in [-0.2, 0) is 11.2 Å². The molecule has 0 saturated carbocycles. The van der Waals surface area contributed by atoms with Gasteiger partial charge in [0, 0.05) is 11.9 Å². The molecule has 1 amide bonds. The van der Waals surface area contributed by atoms with Crippen molar-refractivity contribution in [1.82, 2.24) is 4.98 Å². The van der Waals surface area contributed by atoms with Crippen molar-refractivity contribution >= 4 is 17.3 Å². The van der Waals surface area contributed by atoms with Gasteiger partial charge in [-0.15, -0.1) is 0 Å². The molecular formula is C14H15N3O. The second-order valence-corrected chi connectivity index (χ2v) is 4.17. The van der Waals surface area contributed by atoms with Gasteiger partial charge in [-0.25, -0.2) is 0 Å². The van der Waals surface area contributed by atoms with Crippen LogP contribution in [0.25, 0.3) is 0 Å². The van der Waals surface area contributed by atoms with Gasteiger partial charge in [-0.05, 0) is 30.2 Å². The summed E-state index contributed by atoms with van der Waals surface area (Å²) in [4.78, 5) is 15.9. The number of nitrogen functional groups attached to an aromatic ring is 1. The van der Waals surface area contributed by atoms with E-state index in [1.54, 1.807) is 18.5 Å². The highest BCUT2D eigenvalue weighted by atomic mass is 16.1. The Bertz CT molecular complexity index is 566. The van der Waals surface area contributed by atoms with Gasteiger partial charge in [-0.1, -0.05) is 18.2 Å². The second kappa shape index (κ2) is 5.31. The van der Waals surface area contributed by atoms with E-state index in [1.165, 1.54) is 0 Å². The Morgan fingerprint density at radius 2 is 2.11 bits per heavy atom. The van der Waals surface area contributed by atoms with E-state index in [-0.39, 0.29) is 12.3 Å². The summed E-state index contributed by atoms with van der Waals surface area (Å²) >= 11 is 0. The highest BCUT2D eigenvalue weighted by molar-refractivity contribution is 5.92. The first-order chi connectivity index (χ1) is 8.65. The Kier molecular flexibility index (Phi) is 3.57. The quantitative estimate of drug-likeness (QED) is 0.809. The van der Waals surface area contributed by atoms with Crippen LogP contribution in [0.15, 0.2) is 42.7 Å². The van der Waals surface area contributed by atoms with Crippen molar-refractivity contribution in [2.45, 2.75) is 13.3 Å². The number of aromatic nitrogens is 1. The van der Waals surface area contributed by atoms with Crippen LogP contribution in [0, 0.1) is 6.92 Å². The average Bonchev–Trinajstić information content (AvgIpc) is 2.32. The zero-order chi connectivity index (χ0) is 13.0. The number of carbonyl (C=O) groups excluding carboxylic acids is 1. The van der Waals surface area contributed by atoms with E-state index in [0.29, 0.717) is 11.4 Å². The molecule has 1 aromatic heterocycles. The number of aryl methyl sites for hydroxylation is 1. The standard InChI is InChI=1S/C14H15N3O/c1-10-6-12(9-16-8-10)17-14(18)7-11-4-2-3-5-13(11)15/h2-6,8-9H,7,15H2,1H3,(H,17,18). The third-order valence-corrected chi connectivity index (χ3v) is 2.56. The van der Waals surface area contributed by atoms with Crippen LogP contribution in [-0.4, -0.2) is 10.9 Å². The molecule has 0 aliphatic heterocycles. The maximum atomic E-state index is 11.9. The van der Waals surface area contributed by atoms with Gasteiger partial charge >= 0.3 is 0 Å². The van der Waals surface area contributed by atoms with E-state index in [9.17, 15) is 4.79 Å². The molecular weight excluding hydrogens is 226 g/mol. The summed E-state index contributed by atoms with van der Waals surface area (Å²) in [6.07, 6.45) is 3.63. The van der Waals surface area contributed by atoms with E-state index in [1.807, 2.05) is 31.2 Å². The number of para-hydroxylation sites is 1. The van der Waals surface area contributed by atoms with Gasteiger partial charge in [0.25, 0.3) is 0 Å². The van der Waals surface area contributed by atoms with Crippen molar-refractivity contribution in [2.75, 3.05) is 11.1 Å². The molecule has 0 bridgehead atoms. The Hall–Kier alpha value is -2.36. The number of amides is 1. The first-order valence-electron chi connectivity index (χ1n) is 5.70. The maximum Gasteiger partial charge on any atom is 0.228 e. The molecule has 0 unspecified atom stereocenters. The fourth-order valence-electron chi connectivity index (χ4n) is 1.70. The zero-order valence-electron chi connectivity index (χ0n) is 10.2. The molecule has 92 valence electrons. The third kappa shape index (κ3) is 3.07. The molecule has 4 nitrogen and oxygen atoms in total. The minimum atomic E-state index is -0.0969. The fourth-order valence-corrected chi connectivity index (χ4v) is 1.70. The molecule has 0 radical (unpaired) electrons. The number of anilines is 2. The molecule has 0 aliphatic carbocycles. The number of nitrogens with zero attached hydrogens (tertiary/aromatic N) is 1. The van der Waals surface area contributed by atoms with Crippen LogP contribution in [0.2, 0.25) is 0 Å². The SMILES string of the molecule is Cc1cncc(NC(=O)Cc2ccccc2N)c1. The largest absolute Gasteiger partial charge is 0.398 e. The lowest BCUT2D eigenvalue weighted by atomic mass is 10.1. The van der Waals surface area contributed by atoms with E-state index in [2.05, 4.69) is 10.3 Å². The number of benzene rings is 1. The summed E-state index contributed by atoms with van der Waals surface area (Å²) in [5, 5.41) is 2.80. The van der Waals surface area contributed by atoms with Crippen molar-refractivity contribution in [1.29, 1.82) is 0 Å². The van der Waals surface area contributed by atoms with E-state index < -0.39 is 0 Å². The molecule has 2 rings (SSSR count). The third-order valence-electron chi connectivity index (χ3n) is 2.56. The molecule has 0 fully saturated rings. The summed E-state index contributed by atoms with van der Waals surface area (Å²) in [5.74, 6) is -0.0969. The lowest BCUT2D eigenvalue weighted by molar-refractivity contribution is -0.115. The number of carbonyl (C=O) groups is 1. The van der Waals surface area contributed by atoms with Crippen LogP contribution in [0.1, 0.15) is 11.1 Å². The number of rotatable bonds is 3. The van der Waals surface area contributed by atoms with E-state index >= 15 is 0 Å². The fraction of sp³-hybridized carbons (Fsp3) is 0.143. The van der Waals surface area contributed by atoms with Crippen LogP contribution in [0.4, 0.5) is 11.4 Å². The first-order valence-corrected chi connectivity index (χ1v) is 5.70. The summed E-state index contributed by atoms with van der Waals surface area (Å²) in [7, 11) is 0. The molecule has 0 saturated heterocycles. The van der Waals surface area contributed by atoms with Crippen molar-refractivity contribution in [2.24, 2.45) is 0 Å². The number of nitrogens with one attached hydrogen (secondary N) is 1. The molecule has 0 atom stereocenters. The zero-order valence-corrected chi connectivity index (χ0v) is 10.2. The molecule has 1 heterocycles. The minimum Gasteiger partial charge on any atom is -0.398 e. The van der Waals surface area contributed by atoms with Crippen molar-refractivity contribution in [3.63, 3.8) is 0 Å². The Labute approximate surface area is 106 Å². The lowest BCUT2D eigenvalue weighted by Crippen LogP contribution is -2.15. The van der Waals surface area contributed by atoms with Gasteiger partial charge in [0.2, 0.25) is 5.91 Å². The Balaban J connectivity index is 2.03. The van der Waals surface area contributed by atoms with Crippen molar-refractivity contribution in [3.05, 3.63) is 53.9 Å². The highest BCUT2D eigenvalue weighted by Crippen LogP contribution is 2.13. The van der Waals surface area contributed by atoms with Crippen LogP contribution >= 0.6 is 0 Å². The minimum absolute atomic E-state index is 0.0969.